The molecule has 200 valence electrons. The Morgan fingerprint density at radius 3 is 0.606 bits per heavy atom. The van der Waals surface area contributed by atoms with E-state index < -0.39 is 55.7 Å². The molecule has 0 aliphatic rings. The zero-order chi connectivity index (χ0) is 27.3. The van der Waals surface area contributed by atoms with Gasteiger partial charge in [-0.25, -0.2) is 0 Å². The van der Waals surface area contributed by atoms with E-state index in [4.69, 9.17) is 40.9 Å². The summed E-state index contributed by atoms with van der Waals surface area (Å²) in [5.74, 6) is -2.84. The van der Waals surface area contributed by atoms with Crippen LogP contribution in [0.1, 0.15) is 79.1 Å². The van der Waals surface area contributed by atoms with Gasteiger partial charge in [0.2, 0.25) is 0 Å². The third kappa shape index (κ3) is 48.4. The van der Waals surface area contributed by atoms with Crippen LogP contribution in [0.5, 0.6) is 0 Å². The average Bonchev–Trinajstić information content (AvgIpc) is 2.72. The fourth-order valence-electron chi connectivity index (χ4n) is 1.16. The van der Waals surface area contributed by atoms with Crippen LogP contribution in [0.3, 0.4) is 0 Å². The van der Waals surface area contributed by atoms with Gasteiger partial charge in [0.25, 0.3) is 0 Å². The van der Waals surface area contributed by atoms with E-state index in [2.05, 4.69) is 0 Å². The summed E-state index contributed by atoms with van der Waals surface area (Å²) in [6.07, 6.45) is 4.09. The van der Waals surface area contributed by atoms with Crippen molar-refractivity contribution >= 4 is 23.9 Å². The zero-order valence-corrected chi connectivity index (χ0v) is 20.2. The number of carbonyl (C=O) groups is 4. The molecule has 0 unspecified atom stereocenters. The molecule has 0 radical (unpaired) electrons. The van der Waals surface area contributed by atoms with Crippen LogP contribution in [0.25, 0.3) is 0 Å². The molecule has 12 heteroatoms. The number of rotatable bonds is 12. The maximum Gasteiger partial charge on any atom is 0.303 e. The van der Waals surface area contributed by atoms with Gasteiger partial charge < -0.3 is 40.9 Å². The van der Waals surface area contributed by atoms with Gasteiger partial charge in [0.05, 0.1) is 31.8 Å². The molecule has 0 aromatic rings. The Hall–Kier alpha value is -2.28. The van der Waals surface area contributed by atoms with E-state index in [1.807, 2.05) is 27.7 Å². The molecule has 0 aromatic heterocycles. The van der Waals surface area contributed by atoms with Crippen LogP contribution in [-0.2, 0) is 19.2 Å². The first-order valence-electron chi connectivity index (χ1n) is 10.6. The lowest BCUT2D eigenvalue weighted by Crippen LogP contribution is -2.37. The fourth-order valence-corrected chi connectivity index (χ4v) is 1.16. The van der Waals surface area contributed by atoms with Crippen molar-refractivity contribution in [2.24, 2.45) is 5.41 Å². The van der Waals surface area contributed by atoms with Crippen molar-refractivity contribution in [3.05, 3.63) is 0 Å². The van der Waals surface area contributed by atoms with Gasteiger partial charge in [-0.2, -0.15) is 0 Å². The highest BCUT2D eigenvalue weighted by Gasteiger charge is 2.26. The van der Waals surface area contributed by atoms with E-state index in [0.29, 0.717) is 25.7 Å². The normalized spacial score (nSPS) is 9.21. The molecule has 0 fully saturated rings. The largest absolute Gasteiger partial charge is 0.481 e. The molecule has 0 amide bonds. The molecule has 0 atom stereocenters. The molecular formula is C21H44O12. The molecule has 0 aliphatic carbocycles. The first kappa shape index (κ1) is 41.0. The lowest BCUT2D eigenvalue weighted by atomic mass is 9.93. The van der Waals surface area contributed by atoms with Crippen LogP contribution >= 0.6 is 0 Å². The lowest BCUT2D eigenvalue weighted by molar-refractivity contribution is -0.138. The Kier molecular flexibility index (Phi) is 39.7. The number of aliphatic carboxylic acids is 4. The van der Waals surface area contributed by atoms with E-state index in [9.17, 15) is 19.2 Å². The average molecular weight is 489 g/mol. The molecular weight excluding hydrogens is 444 g/mol. The number of hydrogen-bond acceptors (Lipinski definition) is 8. The highest BCUT2D eigenvalue weighted by molar-refractivity contribution is 5.67. The molecule has 12 nitrogen and oxygen atoms in total. The Morgan fingerprint density at radius 2 is 0.606 bits per heavy atom. The molecule has 0 aliphatic heterocycles. The van der Waals surface area contributed by atoms with Crippen molar-refractivity contribution in [3.8, 4) is 0 Å². The molecule has 33 heavy (non-hydrogen) atoms. The SMILES string of the molecule is CCCC(=O)O.CCCC(=O)O.CCCC(=O)O.CCCC(=O)O.OCC(CO)(CO)CO. The van der Waals surface area contributed by atoms with Gasteiger partial charge in [-0.15, -0.1) is 0 Å². The standard InChI is InChI=1S/C5H12O4.4C4H8O2/c6-1-5(2-7,3-8)4-9;4*1-2-3-4(5)6/h6-9H,1-4H2;4*2-3H2,1H3,(H,5,6). The van der Waals surface area contributed by atoms with E-state index in [0.717, 1.165) is 25.7 Å². The van der Waals surface area contributed by atoms with E-state index in [1.54, 1.807) is 0 Å². The molecule has 0 aromatic carbocycles. The fraction of sp³-hybridized carbons (Fsp3) is 0.810. The molecule has 0 rings (SSSR count). The summed E-state index contributed by atoms with van der Waals surface area (Å²) < 4.78 is 0. The Morgan fingerprint density at radius 1 is 0.455 bits per heavy atom. The number of aliphatic hydroxyl groups is 4. The van der Waals surface area contributed by atoms with E-state index >= 15 is 0 Å². The molecule has 0 saturated heterocycles. The topological polar surface area (TPSA) is 230 Å². The molecule has 0 saturated carbocycles. The minimum atomic E-state index is -1.11. The van der Waals surface area contributed by atoms with Crippen LogP contribution < -0.4 is 0 Å². The first-order chi connectivity index (χ1) is 15.3. The molecule has 0 spiro atoms. The summed E-state index contributed by atoms with van der Waals surface area (Å²) in [6, 6.07) is 0. The number of carboxylic acids is 4. The maximum absolute atomic E-state index is 9.60. The maximum atomic E-state index is 9.60. The summed E-state index contributed by atoms with van der Waals surface area (Å²) in [7, 11) is 0. The monoisotopic (exact) mass is 488 g/mol. The molecule has 8 N–H and O–H groups in total. The van der Waals surface area contributed by atoms with Crippen molar-refractivity contribution in [1.29, 1.82) is 0 Å². The van der Waals surface area contributed by atoms with Gasteiger partial charge in [0.1, 0.15) is 0 Å². The highest BCUT2D eigenvalue weighted by atomic mass is 16.4. The van der Waals surface area contributed by atoms with Crippen molar-refractivity contribution in [2.75, 3.05) is 26.4 Å². The van der Waals surface area contributed by atoms with Gasteiger partial charge in [-0.3, -0.25) is 19.2 Å². The van der Waals surface area contributed by atoms with Crippen molar-refractivity contribution < 1.29 is 60.0 Å². The van der Waals surface area contributed by atoms with Crippen molar-refractivity contribution in [1.82, 2.24) is 0 Å². The number of hydrogen-bond donors (Lipinski definition) is 8. The van der Waals surface area contributed by atoms with Crippen molar-refractivity contribution in [3.63, 3.8) is 0 Å². The van der Waals surface area contributed by atoms with Crippen LogP contribution in [-0.4, -0.2) is 91.2 Å². The van der Waals surface area contributed by atoms with Gasteiger partial charge >= 0.3 is 23.9 Å². The Bertz CT molecular complexity index is 381. The summed E-state index contributed by atoms with van der Waals surface area (Å²) >= 11 is 0. The predicted octanol–water partition coefficient (Wildman–Crippen LogP) is 1.43. The smallest absolute Gasteiger partial charge is 0.303 e. The second kappa shape index (κ2) is 31.9. The third-order valence-corrected chi connectivity index (χ3v) is 3.20. The summed E-state index contributed by atoms with van der Waals surface area (Å²) in [5, 5.41) is 65.6. The molecule has 0 bridgehead atoms. The summed E-state index contributed by atoms with van der Waals surface area (Å²) in [5.41, 5.74) is -1.11. The van der Waals surface area contributed by atoms with Crippen LogP contribution in [0.15, 0.2) is 0 Å². The summed E-state index contributed by atoms with van der Waals surface area (Å²) in [6.45, 7) is 5.74. The second-order valence-electron chi connectivity index (χ2n) is 6.71. The van der Waals surface area contributed by atoms with Gasteiger partial charge in [0.15, 0.2) is 0 Å². The van der Waals surface area contributed by atoms with Crippen molar-refractivity contribution in [2.45, 2.75) is 79.1 Å². The Balaban J connectivity index is -0.000000100. The Labute approximate surface area is 195 Å². The minimum absolute atomic E-state index is 0.292. The first-order valence-corrected chi connectivity index (χ1v) is 10.6. The predicted molar refractivity (Wildman–Crippen MR) is 121 cm³/mol. The van der Waals surface area contributed by atoms with Crippen LogP contribution in [0.4, 0.5) is 0 Å². The number of aliphatic hydroxyl groups excluding tert-OH is 4. The highest BCUT2D eigenvalue weighted by Crippen LogP contribution is 2.11. The molecule has 0 heterocycles. The second-order valence-corrected chi connectivity index (χ2v) is 6.71. The minimum Gasteiger partial charge on any atom is -0.481 e. The van der Waals surface area contributed by atoms with Gasteiger partial charge in [-0.05, 0) is 25.7 Å². The quantitative estimate of drug-likeness (QED) is 0.195. The third-order valence-electron chi connectivity index (χ3n) is 3.20. The lowest BCUT2D eigenvalue weighted by Gasteiger charge is -2.23. The van der Waals surface area contributed by atoms with Crippen LogP contribution in [0, 0.1) is 5.41 Å². The van der Waals surface area contributed by atoms with Gasteiger partial charge in [-0.1, -0.05) is 27.7 Å². The summed E-state index contributed by atoms with van der Waals surface area (Å²) in [4.78, 5) is 38.4. The van der Waals surface area contributed by atoms with E-state index in [1.165, 1.54) is 0 Å². The van der Waals surface area contributed by atoms with Crippen LogP contribution in [0.2, 0.25) is 0 Å². The number of carboxylic acid groups (broad SMARTS) is 4. The zero-order valence-electron chi connectivity index (χ0n) is 20.2. The van der Waals surface area contributed by atoms with Gasteiger partial charge in [0, 0.05) is 25.7 Å². The van der Waals surface area contributed by atoms with E-state index in [-0.39, 0.29) is 0 Å².